The van der Waals surface area contributed by atoms with Crippen LogP contribution in [0.2, 0.25) is 0 Å². The Kier molecular flexibility index (Phi) is 4.60. The van der Waals surface area contributed by atoms with Crippen LogP contribution in [-0.2, 0) is 16.4 Å². The Morgan fingerprint density at radius 1 is 1.26 bits per heavy atom. The summed E-state index contributed by atoms with van der Waals surface area (Å²) in [4.78, 5) is 0.327. The van der Waals surface area contributed by atoms with Gasteiger partial charge in [-0.2, -0.15) is 4.31 Å². The molecule has 1 fully saturated rings. The van der Waals surface area contributed by atoms with Gasteiger partial charge >= 0.3 is 0 Å². The third-order valence-corrected chi connectivity index (χ3v) is 5.31. The summed E-state index contributed by atoms with van der Waals surface area (Å²) in [6, 6.07) is 7.17. The number of sulfonamides is 1. The van der Waals surface area contributed by atoms with E-state index < -0.39 is 10.0 Å². The van der Waals surface area contributed by atoms with E-state index in [-0.39, 0.29) is 19.2 Å². The Labute approximate surface area is 115 Å². The molecule has 0 saturated heterocycles. The Morgan fingerprint density at radius 3 is 2.37 bits per heavy atom. The molecule has 4 nitrogen and oxygen atoms in total. The smallest absolute Gasteiger partial charge is 0.243 e. The average Bonchev–Trinajstić information content (AvgIpc) is 3.21. The number of benzene rings is 1. The summed E-state index contributed by atoms with van der Waals surface area (Å²) < 4.78 is 26.4. The van der Waals surface area contributed by atoms with Crippen LogP contribution < -0.4 is 0 Å². The molecular weight excluding hydrogens is 262 g/mol. The first-order valence-electron chi connectivity index (χ1n) is 6.81. The zero-order valence-corrected chi connectivity index (χ0v) is 12.1. The summed E-state index contributed by atoms with van der Waals surface area (Å²) in [5, 5.41) is 9.03. The maximum atomic E-state index is 12.5. The molecule has 5 heteroatoms. The largest absolute Gasteiger partial charge is 0.395 e. The fourth-order valence-corrected chi connectivity index (χ4v) is 3.89. The molecule has 0 heterocycles. The molecule has 0 spiro atoms. The molecule has 1 saturated carbocycles. The maximum absolute atomic E-state index is 12.5. The first-order valence-corrected chi connectivity index (χ1v) is 8.25. The van der Waals surface area contributed by atoms with Crippen LogP contribution in [-0.4, -0.2) is 37.0 Å². The Balaban J connectivity index is 2.22. The van der Waals surface area contributed by atoms with Crippen molar-refractivity contribution in [1.82, 2.24) is 4.31 Å². The Bertz CT molecular complexity index is 506. The Hall–Kier alpha value is -0.910. The van der Waals surface area contributed by atoms with Crippen molar-refractivity contribution >= 4 is 10.0 Å². The molecule has 0 aliphatic heterocycles. The lowest BCUT2D eigenvalue weighted by Gasteiger charge is -2.20. The van der Waals surface area contributed by atoms with Gasteiger partial charge in [-0.1, -0.05) is 25.5 Å². The highest BCUT2D eigenvalue weighted by atomic mass is 32.2. The lowest BCUT2D eigenvalue weighted by molar-refractivity contribution is 0.250. The van der Waals surface area contributed by atoms with Crippen LogP contribution in [0, 0.1) is 0 Å². The number of hydrogen-bond acceptors (Lipinski definition) is 3. The van der Waals surface area contributed by atoms with Crippen molar-refractivity contribution < 1.29 is 13.5 Å². The zero-order valence-electron chi connectivity index (χ0n) is 11.2. The number of aliphatic hydroxyl groups is 1. The minimum atomic E-state index is -3.46. The highest BCUT2D eigenvalue weighted by molar-refractivity contribution is 7.89. The van der Waals surface area contributed by atoms with Crippen molar-refractivity contribution in [3.8, 4) is 0 Å². The van der Waals surface area contributed by atoms with Gasteiger partial charge in [0.25, 0.3) is 0 Å². The van der Waals surface area contributed by atoms with E-state index in [0.29, 0.717) is 4.90 Å². The molecule has 1 aliphatic carbocycles. The second-order valence-corrected chi connectivity index (χ2v) is 6.86. The molecule has 2 rings (SSSR count). The molecule has 1 aliphatic rings. The van der Waals surface area contributed by atoms with Crippen LogP contribution in [0.5, 0.6) is 0 Å². The predicted molar refractivity (Wildman–Crippen MR) is 74.4 cm³/mol. The third-order valence-electron chi connectivity index (χ3n) is 3.34. The van der Waals surface area contributed by atoms with E-state index in [1.807, 2.05) is 12.1 Å². The first kappa shape index (κ1) is 14.5. The van der Waals surface area contributed by atoms with Gasteiger partial charge in [-0.25, -0.2) is 8.42 Å². The molecule has 0 unspecified atom stereocenters. The summed E-state index contributed by atoms with van der Waals surface area (Å²) in [6.07, 6.45) is 3.80. The average molecular weight is 283 g/mol. The molecule has 106 valence electrons. The summed E-state index contributed by atoms with van der Waals surface area (Å²) in [7, 11) is -3.46. The van der Waals surface area contributed by atoms with Crippen LogP contribution in [0.4, 0.5) is 0 Å². The topological polar surface area (TPSA) is 57.6 Å². The van der Waals surface area contributed by atoms with Crippen molar-refractivity contribution in [2.45, 2.75) is 43.5 Å². The molecule has 0 radical (unpaired) electrons. The van der Waals surface area contributed by atoms with E-state index in [9.17, 15) is 8.42 Å². The van der Waals surface area contributed by atoms with Crippen LogP contribution in [0.1, 0.15) is 31.7 Å². The van der Waals surface area contributed by atoms with Crippen LogP contribution in [0.3, 0.4) is 0 Å². The number of aliphatic hydroxyl groups excluding tert-OH is 1. The first-order chi connectivity index (χ1) is 9.09. The molecule has 0 aromatic heterocycles. The minimum Gasteiger partial charge on any atom is -0.395 e. The van der Waals surface area contributed by atoms with Gasteiger partial charge in [-0.15, -0.1) is 0 Å². The molecule has 1 N–H and O–H groups in total. The van der Waals surface area contributed by atoms with Gasteiger partial charge in [0.1, 0.15) is 0 Å². The lowest BCUT2D eigenvalue weighted by atomic mass is 10.1. The maximum Gasteiger partial charge on any atom is 0.243 e. The molecule has 0 bridgehead atoms. The number of hydrogen-bond donors (Lipinski definition) is 1. The second-order valence-electron chi connectivity index (χ2n) is 4.96. The number of rotatable bonds is 7. The summed E-state index contributed by atoms with van der Waals surface area (Å²) >= 11 is 0. The van der Waals surface area contributed by atoms with Crippen molar-refractivity contribution in [1.29, 1.82) is 0 Å². The Morgan fingerprint density at radius 2 is 1.89 bits per heavy atom. The van der Waals surface area contributed by atoms with Crippen molar-refractivity contribution in [2.24, 2.45) is 0 Å². The quantitative estimate of drug-likeness (QED) is 0.830. The van der Waals surface area contributed by atoms with E-state index >= 15 is 0 Å². The molecule has 0 atom stereocenters. The number of aryl methyl sites for hydroxylation is 1. The van der Waals surface area contributed by atoms with E-state index in [1.54, 1.807) is 12.1 Å². The van der Waals surface area contributed by atoms with Crippen LogP contribution in [0.15, 0.2) is 29.2 Å². The monoisotopic (exact) mass is 283 g/mol. The van der Waals surface area contributed by atoms with Gasteiger partial charge < -0.3 is 5.11 Å². The standard InChI is InChI=1S/C14H21NO3S/c1-2-3-12-4-8-14(9-5-12)19(17,18)15(10-11-16)13-6-7-13/h4-5,8-9,13,16H,2-3,6-7,10-11H2,1H3. The van der Waals surface area contributed by atoms with Gasteiger partial charge in [-0.05, 0) is 37.0 Å². The van der Waals surface area contributed by atoms with Gasteiger partial charge in [-0.3, -0.25) is 0 Å². The normalized spacial score (nSPS) is 15.9. The van der Waals surface area contributed by atoms with Gasteiger partial charge in [0.2, 0.25) is 10.0 Å². The summed E-state index contributed by atoms with van der Waals surface area (Å²) in [6.45, 7) is 2.15. The lowest BCUT2D eigenvalue weighted by Crippen LogP contribution is -2.35. The summed E-state index contributed by atoms with van der Waals surface area (Å²) in [5.41, 5.74) is 1.15. The van der Waals surface area contributed by atoms with E-state index in [0.717, 1.165) is 31.2 Å². The number of nitrogens with zero attached hydrogens (tertiary/aromatic N) is 1. The second kappa shape index (κ2) is 6.03. The fraction of sp³-hybridized carbons (Fsp3) is 0.571. The van der Waals surface area contributed by atoms with Crippen molar-refractivity contribution in [2.75, 3.05) is 13.2 Å². The van der Waals surface area contributed by atoms with E-state index in [2.05, 4.69) is 6.92 Å². The summed E-state index contributed by atoms with van der Waals surface area (Å²) in [5.74, 6) is 0. The molecule has 0 amide bonds. The van der Waals surface area contributed by atoms with Crippen molar-refractivity contribution in [3.05, 3.63) is 29.8 Å². The zero-order chi connectivity index (χ0) is 13.9. The molecular formula is C14H21NO3S. The third kappa shape index (κ3) is 3.35. The predicted octanol–water partition coefficient (Wildman–Crippen LogP) is 1.78. The highest BCUT2D eigenvalue weighted by Crippen LogP contribution is 2.31. The van der Waals surface area contributed by atoms with Crippen LogP contribution in [0.25, 0.3) is 0 Å². The fourth-order valence-electron chi connectivity index (χ4n) is 2.21. The van der Waals surface area contributed by atoms with Gasteiger partial charge in [0, 0.05) is 12.6 Å². The van der Waals surface area contributed by atoms with Crippen LogP contribution >= 0.6 is 0 Å². The SMILES string of the molecule is CCCc1ccc(S(=O)(=O)N(CCO)C2CC2)cc1. The van der Waals surface area contributed by atoms with Gasteiger partial charge in [0.15, 0.2) is 0 Å². The minimum absolute atomic E-state index is 0.0764. The van der Waals surface area contributed by atoms with Crippen molar-refractivity contribution in [3.63, 3.8) is 0 Å². The van der Waals surface area contributed by atoms with Gasteiger partial charge in [0.05, 0.1) is 11.5 Å². The molecule has 1 aromatic rings. The molecule has 19 heavy (non-hydrogen) atoms. The highest BCUT2D eigenvalue weighted by Gasteiger charge is 2.37. The molecule has 1 aromatic carbocycles. The van der Waals surface area contributed by atoms with E-state index in [1.165, 1.54) is 4.31 Å². The van der Waals surface area contributed by atoms with E-state index in [4.69, 9.17) is 5.11 Å².